The second-order valence-electron chi connectivity index (χ2n) is 2.27. The van der Waals surface area contributed by atoms with Gasteiger partial charge in [-0.2, -0.15) is 4.99 Å². The summed E-state index contributed by atoms with van der Waals surface area (Å²) in [6.45, 7) is 1.89. The minimum Gasteiger partial charge on any atom is -0.465 e. The lowest BCUT2D eigenvalue weighted by molar-refractivity contribution is 0.0607. The van der Waals surface area contributed by atoms with Gasteiger partial charge in [0.05, 0.1) is 18.0 Å². The Balaban J connectivity index is 3.18. The molecule has 0 aliphatic rings. The predicted octanol–water partition coefficient (Wildman–Crippen LogP) is 2.58. The van der Waals surface area contributed by atoms with E-state index in [9.17, 15) is 4.79 Å². The van der Waals surface area contributed by atoms with E-state index in [2.05, 4.69) is 27.1 Å². The molecule has 5 heteroatoms. The minimum atomic E-state index is -0.387. The van der Waals surface area contributed by atoms with Gasteiger partial charge in [-0.3, -0.25) is 0 Å². The van der Waals surface area contributed by atoms with Crippen molar-refractivity contribution in [2.24, 2.45) is 4.99 Å². The maximum atomic E-state index is 11.2. The number of hydrogen-bond acceptors (Lipinski definition) is 5. The number of methoxy groups -OCH3 is 1. The molecule has 0 unspecified atom stereocenters. The molecule has 1 aromatic rings. The summed E-state index contributed by atoms with van der Waals surface area (Å²) in [5.41, 5.74) is 0.532. The zero-order valence-electron chi connectivity index (χ0n) is 7.16. The first-order valence-corrected chi connectivity index (χ1v) is 4.68. The van der Waals surface area contributed by atoms with E-state index in [4.69, 9.17) is 0 Å². The molecule has 68 valence electrons. The molecule has 3 nitrogen and oxygen atoms in total. The van der Waals surface area contributed by atoms with Crippen LogP contribution in [0.3, 0.4) is 0 Å². The van der Waals surface area contributed by atoms with Crippen LogP contribution in [0.15, 0.2) is 11.1 Å². The monoisotopic (exact) mass is 213 g/mol. The molecule has 0 atom stereocenters. The number of carbonyl (C=O) groups excluding carboxylic acids is 1. The average Bonchev–Trinajstić information content (AvgIpc) is 2.46. The van der Waals surface area contributed by atoms with Crippen LogP contribution in [0.25, 0.3) is 0 Å². The van der Waals surface area contributed by atoms with E-state index in [-0.39, 0.29) is 5.97 Å². The summed E-state index contributed by atoms with van der Waals surface area (Å²) in [5.74, 6) is -0.387. The highest BCUT2D eigenvalue weighted by Gasteiger charge is 2.14. The number of nitrogens with zero attached hydrogens (tertiary/aromatic N) is 1. The first-order chi connectivity index (χ1) is 6.19. The summed E-state index contributed by atoms with van der Waals surface area (Å²) < 4.78 is 4.59. The normalized spacial score (nSPS) is 9.08. The molecule has 0 bridgehead atoms. The van der Waals surface area contributed by atoms with Gasteiger partial charge in [0.2, 0.25) is 0 Å². The van der Waals surface area contributed by atoms with Gasteiger partial charge in [0.25, 0.3) is 0 Å². The van der Waals surface area contributed by atoms with E-state index in [1.54, 1.807) is 6.07 Å². The number of rotatable bonds is 2. The molecule has 1 rings (SSSR count). The van der Waals surface area contributed by atoms with Gasteiger partial charge in [-0.25, -0.2) is 4.79 Å². The van der Waals surface area contributed by atoms with E-state index in [1.807, 2.05) is 6.92 Å². The van der Waals surface area contributed by atoms with Crippen LogP contribution >= 0.6 is 23.6 Å². The Kier molecular flexibility index (Phi) is 3.31. The number of aliphatic imine (C=N–C) groups is 1. The first-order valence-electron chi connectivity index (χ1n) is 3.45. The van der Waals surface area contributed by atoms with Gasteiger partial charge in [0.15, 0.2) is 0 Å². The molecule has 1 aromatic heterocycles. The van der Waals surface area contributed by atoms with Crippen molar-refractivity contribution in [3.8, 4) is 0 Å². The van der Waals surface area contributed by atoms with Crippen LogP contribution in [-0.4, -0.2) is 18.2 Å². The second kappa shape index (κ2) is 4.28. The number of ether oxygens (including phenoxy) is 1. The molecule has 0 aliphatic carbocycles. The maximum absolute atomic E-state index is 11.2. The Labute approximate surface area is 85.1 Å². The standard InChI is InChI=1S/C8H7NO2S2/c1-5-3-6(9-4-12)7(13-5)8(10)11-2/h3H,1-2H3. The highest BCUT2D eigenvalue weighted by molar-refractivity contribution is 7.78. The molecule has 0 aliphatic heterocycles. The highest BCUT2D eigenvalue weighted by atomic mass is 32.1. The second-order valence-corrected chi connectivity index (χ2v) is 3.70. The Bertz CT molecular complexity index is 377. The zero-order chi connectivity index (χ0) is 9.84. The topological polar surface area (TPSA) is 38.7 Å². The summed E-state index contributed by atoms with van der Waals surface area (Å²) in [5, 5.41) is 2.22. The Hall–Kier alpha value is -1.03. The quantitative estimate of drug-likeness (QED) is 0.430. The summed E-state index contributed by atoms with van der Waals surface area (Å²) >= 11 is 5.79. The van der Waals surface area contributed by atoms with Crippen LogP contribution in [0, 0.1) is 6.92 Å². The van der Waals surface area contributed by atoms with Gasteiger partial charge < -0.3 is 4.74 Å². The largest absolute Gasteiger partial charge is 0.465 e. The molecule has 0 amide bonds. The molecule has 0 N–H and O–H groups in total. The van der Waals surface area contributed by atoms with Crippen molar-refractivity contribution in [1.82, 2.24) is 0 Å². The van der Waals surface area contributed by atoms with Crippen LogP contribution in [0.5, 0.6) is 0 Å². The average molecular weight is 213 g/mol. The smallest absolute Gasteiger partial charge is 0.350 e. The molecule has 0 spiro atoms. The number of thiophene rings is 1. The van der Waals surface area contributed by atoms with E-state index < -0.39 is 0 Å². The number of thiocarbonyl (C=S) groups is 1. The first kappa shape index (κ1) is 10.1. The fraction of sp³-hybridized carbons (Fsp3) is 0.250. The molecule has 0 saturated heterocycles. The van der Waals surface area contributed by atoms with Crippen LogP contribution in [-0.2, 0) is 4.74 Å². The third-order valence-corrected chi connectivity index (χ3v) is 2.48. The van der Waals surface area contributed by atoms with Gasteiger partial charge >= 0.3 is 5.97 Å². The molecule has 13 heavy (non-hydrogen) atoms. The van der Waals surface area contributed by atoms with Crippen LogP contribution in [0.1, 0.15) is 14.5 Å². The summed E-state index contributed by atoms with van der Waals surface area (Å²) in [6, 6.07) is 1.77. The van der Waals surface area contributed by atoms with E-state index >= 15 is 0 Å². The number of aryl methyl sites for hydroxylation is 1. The molecule has 0 radical (unpaired) electrons. The van der Waals surface area contributed by atoms with Crippen molar-refractivity contribution in [3.05, 3.63) is 15.8 Å². The van der Waals surface area contributed by atoms with Crippen molar-refractivity contribution in [3.63, 3.8) is 0 Å². The van der Waals surface area contributed by atoms with E-state index in [0.29, 0.717) is 10.6 Å². The van der Waals surface area contributed by atoms with Crippen LogP contribution in [0.2, 0.25) is 0 Å². The lowest BCUT2D eigenvalue weighted by atomic mass is 10.4. The van der Waals surface area contributed by atoms with Crippen molar-refractivity contribution >= 4 is 40.4 Å². The van der Waals surface area contributed by atoms with E-state index in [1.165, 1.54) is 18.4 Å². The van der Waals surface area contributed by atoms with Crippen LogP contribution < -0.4 is 0 Å². The van der Waals surface area contributed by atoms with Gasteiger partial charge in [0, 0.05) is 4.88 Å². The van der Waals surface area contributed by atoms with Gasteiger partial charge in [0.1, 0.15) is 4.88 Å². The van der Waals surface area contributed by atoms with Gasteiger partial charge in [-0.05, 0) is 25.2 Å². The number of isothiocyanates is 1. The highest BCUT2D eigenvalue weighted by Crippen LogP contribution is 2.29. The Morgan fingerprint density at radius 1 is 1.77 bits per heavy atom. The summed E-state index contributed by atoms with van der Waals surface area (Å²) in [6.07, 6.45) is 0. The summed E-state index contributed by atoms with van der Waals surface area (Å²) in [4.78, 5) is 16.4. The SMILES string of the molecule is COC(=O)c1sc(C)cc1N=C=S. The Morgan fingerprint density at radius 2 is 2.46 bits per heavy atom. The van der Waals surface area contributed by atoms with Crippen LogP contribution in [0.4, 0.5) is 5.69 Å². The third-order valence-electron chi connectivity index (χ3n) is 1.37. The number of carbonyl (C=O) groups is 1. The fourth-order valence-corrected chi connectivity index (χ4v) is 1.84. The number of hydrogen-bond donors (Lipinski definition) is 0. The molecular weight excluding hydrogens is 206 g/mol. The Morgan fingerprint density at radius 3 is 3.00 bits per heavy atom. The van der Waals surface area contributed by atoms with Crippen molar-refractivity contribution in [2.75, 3.05) is 7.11 Å². The van der Waals surface area contributed by atoms with E-state index in [0.717, 1.165) is 4.88 Å². The van der Waals surface area contributed by atoms with Gasteiger partial charge in [-0.1, -0.05) is 0 Å². The van der Waals surface area contributed by atoms with Crippen molar-refractivity contribution < 1.29 is 9.53 Å². The molecule has 0 saturated carbocycles. The molecular formula is C8H7NO2S2. The predicted molar refractivity (Wildman–Crippen MR) is 55.1 cm³/mol. The molecule has 0 fully saturated rings. The zero-order valence-corrected chi connectivity index (χ0v) is 8.79. The lowest BCUT2D eigenvalue weighted by Gasteiger charge is -1.94. The maximum Gasteiger partial charge on any atom is 0.350 e. The fourth-order valence-electron chi connectivity index (χ4n) is 0.872. The van der Waals surface area contributed by atoms with Gasteiger partial charge in [-0.15, -0.1) is 11.3 Å². The third kappa shape index (κ3) is 2.21. The minimum absolute atomic E-state index is 0.387. The summed E-state index contributed by atoms with van der Waals surface area (Å²) in [7, 11) is 1.34. The van der Waals surface area contributed by atoms with Crippen molar-refractivity contribution in [1.29, 1.82) is 0 Å². The van der Waals surface area contributed by atoms with Crippen molar-refractivity contribution in [2.45, 2.75) is 6.92 Å². The number of esters is 1. The lowest BCUT2D eigenvalue weighted by Crippen LogP contribution is -1.97. The molecule has 1 heterocycles. The molecule has 0 aromatic carbocycles.